The summed E-state index contributed by atoms with van der Waals surface area (Å²) in [6, 6.07) is 3.96. The standard InChI is InChI=1S/C13H15N/c1-4-13(9-7-8-12(2)3)14-10-5-6-11-14/h4-8,10-11H,1H2,2-3H3. The molecule has 0 N–H and O–H groups in total. The lowest BCUT2D eigenvalue weighted by atomic mass is 10.3. The fourth-order valence-corrected chi connectivity index (χ4v) is 1.03. The van der Waals surface area contributed by atoms with Gasteiger partial charge in [-0.3, -0.25) is 0 Å². The Morgan fingerprint density at radius 3 is 2.43 bits per heavy atom. The fraction of sp³-hybridized carbons (Fsp3) is 0.154. The minimum atomic E-state index is 0.951. The number of hydrogen-bond acceptors (Lipinski definition) is 0. The van der Waals surface area contributed by atoms with Crippen molar-refractivity contribution in [3.63, 3.8) is 0 Å². The maximum absolute atomic E-state index is 3.75. The van der Waals surface area contributed by atoms with Gasteiger partial charge in [-0.2, -0.15) is 0 Å². The smallest absolute Gasteiger partial charge is 0.0874 e. The van der Waals surface area contributed by atoms with Gasteiger partial charge in [-0.05, 0) is 38.1 Å². The highest BCUT2D eigenvalue weighted by Crippen LogP contribution is 2.04. The second-order valence-electron chi connectivity index (χ2n) is 3.23. The van der Waals surface area contributed by atoms with Crippen molar-refractivity contribution >= 4 is 5.70 Å². The monoisotopic (exact) mass is 185 g/mol. The van der Waals surface area contributed by atoms with Crippen molar-refractivity contribution in [2.75, 3.05) is 0 Å². The summed E-state index contributed by atoms with van der Waals surface area (Å²) < 4.78 is 1.97. The molecule has 1 heteroatoms. The van der Waals surface area contributed by atoms with Gasteiger partial charge in [0, 0.05) is 12.4 Å². The zero-order valence-electron chi connectivity index (χ0n) is 8.70. The Morgan fingerprint density at radius 2 is 1.93 bits per heavy atom. The van der Waals surface area contributed by atoms with E-state index in [1.54, 1.807) is 6.08 Å². The van der Waals surface area contributed by atoms with Crippen molar-refractivity contribution in [3.05, 3.63) is 60.6 Å². The van der Waals surface area contributed by atoms with Crippen molar-refractivity contribution in [3.8, 4) is 0 Å². The van der Waals surface area contributed by atoms with E-state index in [0.29, 0.717) is 0 Å². The molecule has 0 unspecified atom stereocenters. The van der Waals surface area contributed by atoms with Crippen LogP contribution in [-0.2, 0) is 0 Å². The Hall–Kier alpha value is -1.72. The largest absolute Gasteiger partial charge is 0.317 e. The Kier molecular flexibility index (Phi) is 3.78. The molecule has 0 radical (unpaired) electrons. The van der Waals surface area contributed by atoms with Gasteiger partial charge in [0.15, 0.2) is 0 Å². The molecular formula is C13H15N. The van der Waals surface area contributed by atoms with Crippen LogP contribution in [0.15, 0.2) is 60.6 Å². The van der Waals surface area contributed by atoms with Crippen LogP contribution in [0, 0.1) is 0 Å². The lowest BCUT2D eigenvalue weighted by Crippen LogP contribution is -1.86. The number of aromatic nitrogens is 1. The van der Waals surface area contributed by atoms with Gasteiger partial charge in [-0.25, -0.2) is 0 Å². The molecule has 72 valence electrons. The molecule has 0 atom stereocenters. The molecule has 1 rings (SSSR count). The maximum atomic E-state index is 3.75. The van der Waals surface area contributed by atoms with Crippen LogP contribution in [0.2, 0.25) is 0 Å². The van der Waals surface area contributed by atoms with E-state index in [-0.39, 0.29) is 0 Å². The Bertz CT molecular complexity index is 381. The van der Waals surface area contributed by atoms with Crippen LogP contribution in [0.3, 0.4) is 0 Å². The molecule has 1 aromatic heterocycles. The second kappa shape index (κ2) is 5.11. The Labute approximate surface area is 85.4 Å². The minimum Gasteiger partial charge on any atom is -0.317 e. The summed E-state index contributed by atoms with van der Waals surface area (Å²) in [4.78, 5) is 0. The lowest BCUT2D eigenvalue weighted by Gasteiger charge is -1.97. The summed E-state index contributed by atoms with van der Waals surface area (Å²) in [6.07, 6.45) is 9.66. The quantitative estimate of drug-likeness (QED) is 0.500. The van der Waals surface area contributed by atoms with Crippen molar-refractivity contribution in [1.29, 1.82) is 0 Å². The average molecular weight is 185 g/mol. The van der Waals surface area contributed by atoms with Crippen molar-refractivity contribution in [1.82, 2.24) is 4.57 Å². The molecule has 14 heavy (non-hydrogen) atoms. The first-order chi connectivity index (χ1) is 6.74. The number of hydrogen-bond donors (Lipinski definition) is 0. The normalized spacial score (nSPS) is 8.71. The molecule has 0 saturated carbocycles. The number of rotatable bonds is 3. The van der Waals surface area contributed by atoms with Crippen LogP contribution in [0.5, 0.6) is 0 Å². The molecule has 0 aromatic carbocycles. The second-order valence-corrected chi connectivity index (χ2v) is 3.23. The van der Waals surface area contributed by atoms with Crippen LogP contribution < -0.4 is 0 Å². The molecule has 0 aliphatic heterocycles. The zero-order chi connectivity index (χ0) is 10.4. The summed E-state index contributed by atoms with van der Waals surface area (Å²) >= 11 is 0. The molecule has 0 aliphatic rings. The Balaban J connectivity index is 2.98. The van der Waals surface area contributed by atoms with Crippen molar-refractivity contribution in [2.45, 2.75) is 13.8 Å². The SMILES string of the molecule is C=CC(=C=CC=C(C)C)n1cccc1. The van der Waals surface area contributed by atoms with Crippen LogP contribution >= 0.6 is 0 Å². The van der Waals surface area contributed by atoms with Gasteiger partial charge < -0.3 is 4.57 Å². The summed E-state index contributed by atoms with van der Waals surface area (Å²) in [7, 11) is 0. The highest BCUT2D eigenvalue weighted by molar-refractivity contribution is 5.55. The molecule has 0 aliphatic carbocycles. The predicted octanol–water partition coefficient (Wildman–Crippen LogP) is 3.64. The third kappa shape index (κ3) is 2.96. The topological polar surface area (TPSA) is 4.93 Å². The summed E-state index contributed by atoms with van der Waals surface area (Å²) in [6.45, 7) is 7.87. The average Bonchev–Trinajstić information content (AvgIpc) is 2.64. The lowest BCUT2D eigenvalue weighted by molar-refractivity contribution is 1.13. The van der Waals surface area contributed by atoms with E-state index < -0.39 is 0 Å². The first kappa shape index (κ1) is 10.4. The highest BCUT2D eigenvalue weighted by Gasteiger charge is 1.89. The highest BCUT2D eigenvalue weighted by atomic mass is 14.9. The fourth-order valence-electron chi connectivity index (χ4n) is 1.03. The van der Waals surface area contributed by atoms with E-state index in [2.05, 4.69) is 26.2 Å². The predicted molar refractivity (Wildman–Crippen MR) is 61.8 cm³/mol. The molecular weight excluding hydrogens is 170 g/mol. The van der Waals surface area contributed by atoms with Crippen molar-refractivity contribution in [2.24, 2.45) is 0 Å². The van der Waals surface area contributed by atoms with Crippen LogP contribution in [-0.4, -0.2) is 4.57 Å². The third-order valence-electron chi connectivity index (χ3n) is 1.72. The maximum Gasteiger partial charge on any atom is 0.0874 e. The number of nitrogens with zero attached hydrogens (tertiary/aromatic N) is 1. The van der Waals surface area contributed by atoms with Crippen LogP contribution in [0.4, 0.5) is 0 Å². The summed E-state index contributed by atoms with van der Waals surface area (Å²) in [5.41, 5.74) is 5.37. The van der Waals surface area contributed by atoms with Gasteiger partial charge in [0.2, 0.25) is 0 Å². The van der Waals surface area contributed by atoms with E-state index >= 15 is 0 Å². The Morgan fingerprint density at radius 1 is 1.29 bits per heavy atom. The first-order valence-electron chi connectivity index (χ1n) is 4.60. The molecule has 0 amide bonds. The summed E-state index contributed by atoms with van der Waals surface area (Å²) in [5, 5.41) is 0. The third-order valence-corrected chi connectivity index (χ3v) is 1.72. The molecule has 0 saturated heterocycles. The molecule has 0 spiro atoms. The molecule has 1 aromatic rings. The van der Waals surface area contributed by atoms with Gasteiger partial charge >= 0.3 is 0 Å². The molecule has 0 bridgehead atoms. The minimum absolute atomic E-state index is 0.951. The van der Waals surface area contributed by atoms with Crippen molar-refractivity contribution < 1.29 is 0 Å². The molecule has 1 nitrogen and oxygen atoms in total. The van der Waals surface area contributed by atoms with Crippen LogP contribution in [0.1, 0.15) is 13.8 Å². The summed E-state index contributed by atoms with van der Waals surface area (Å²) in [5.74, 6) is 0. The number of allylic oxidation sites excluding steroid dienone is 4. The van der Waals surface area contributed by atoms with Gasteiger partial charge in [0.05, 0.1) is 5.70 Å². The van der Waals surface area contributed by atoms with Gasteiger partial charge in [0.1, 0.15) is 0 Å². The van der Waals surface area contributed by atoms with Gasteiger partial charge in [-0.15, -0.1) is 0 Å². The van der Waals surface area contributed by atoms with Gasteiger partial charge in [0.25, 0.3) is 0 Å². The van der Waals surface area contributed by atoms with Gasteiger partial charge in [-0.1, -0.05) is 24.0 Å². The van der Waals surface area contributed by atoms with E-state index in [1.807, 2.05) is 41.2 Å². The van der Waals surface area contributed by atoms with E-state index in [0.717, 1.165) is 5.70 Å². The molecule has 1 heterocycles. The first-order valence-corrected chi connectivity index (χ1v) is 4.60. The van der Waals surface area contributed by atoms with E-state index in [9.17, 15) is 0 Å². The van der Waals surface area contributed by atoms with E-state index in [1.165, 1.54) is 5.57 Å². The van der Waals surface area contributed by atoms with E-state index in [4.69, 9.17) is 0 Å². The zero-order valence-corrected chi connectivity index (χ0v) is 8.70. The molecule has 0 fully saturated rings. The van der Waals surface area contributed by atoms with Crippen LogP contribution in [0.25, 0.3) is 5.70 Å².